The molecule has 2 aromatic rings. The van der Waals surface area contributed by atoms with Crippen LogP contribution in [0, 0.1) is 0 Å². The Morgan fingerprint density at radius 2 is 1.95 bits per heavy atom. The monoisotopic (exact) mass is 322 g/mol. The Labute approximate surface area is 134 Å². The molecule has 1 saturated heterocycles. The highest BCUT2D eigenvalue weighted by molar-refractivity contribution is 6.00. The maximum absolute atomic E-state index is 12.9. The van der Waals surface area contributed by atoms with Crippen molar-refractivity contribution in [2.45, 2.75) is 24.9 Å². The van der Waals surface area contributed by atoms with E-state index in [1.807, 2.05) is 24.3 Å². The molecular formula is C15H19ClN4O2. The molecule has 1 fully saturated rings. The van der Waals surface area contributed by atoms with E-state index < -0.39 is 5.54 Å². The Balaban J connectivity index is 0.00000144. The topological polar surface area (TPSA) is 73.4 Å². The first-order chi connectivity index (χ1) is 10.2. The van der Waals surface area contributed by atoms with Crippen LogP contribution < -0.4 is 10.6 Å². The van der Waals surface area contributed by atoms with Gasteiger partial charge in [0, 0.05) is 26.3 Å². The summed E-state index contributed by atoms with van der Waals surface area (Å²) in [5.41, 5.74) is 7.50. The molecule has 2 N–H and O–H groups in total. The van der Waals surface area contributed by atoms with E-state index in [0.29, 0.717) is 32.6 Å². The van der Waals surface area contributed by atoms with Crippen molar-refractivity contribution in [3.05, 3.63) is 24.3 Å². The van der Waals surface area contributed by atoms with Gasteiger partial charge >= 0.3 is 0 Å². The average molecular weight is 323 g/mol. The van der Waals surface area contributed by atoms with Gasteiger partial charge in [-0.1, -0.05) is 12.1 Å². The van der Waals surface area contributed by atoms with Crippen LogP contribution in [0.15, 0.2) is 24.3 Å². The zero-order chi connectivity index (χ0) is 14.4. The summed E-state index contributed by atoms with van der Waals surface area (Å²) in [4.78, 5) is 19.2. The Hall–Kier alpha value is -1.63. The molecule has 0 bridgehead atoms. The van der Waals surface area contributed by atoms with Crippen LogP contribution in [0.3, 0.4) is 0 Å². The number of benzene rings is 1. The fourth-order valence-electron chi connectivity index (χ4n) is 3.20. The van der Waals surface area contributed by atoms with Crippen molar-refractivity contribution in [1.82, 2.24) is 9.55 Å². The first kappa shape index (κ1) is 15.3. The number of carbonyl (C=O) groups excluding carboxylic acids is 1. The highest BCUT2D eigenvalue weighted by Crippen LogP contribution is 2.30. The van der Waals surface area contributed by atoms with Crippen molar-refractivity contribution in [2.24, 2.45) is 5.73 Å². The summed E-state index contributed by atoms with van der Waals surface area (Å²) in [7, 11) is 0. The number of para-hydroxylation sites is 2. The predicted molar refractivity (Wildman–Crippen MR) is 86.3 cm³/mol. The third-order valence-corrected chi connectivity index (χ3v) is 4.48. The number of hydrogen-bond acceptors (Lipinski definition) is 4. The quantitative estimate of drug-likeness (QED) is 0.859. The summed E-state index contributed by atoms with van der Waals surface area (Å²) < 4.78 is 7.42. The SMILES string of the molecule is Cl.NC1(C(=O)N2CCn3c2nc2ccccc23)CCOCC1. The van der Waals surface area contributed by atoms with Gasteiger partial charge in [-0.2, -0.15) is 0 Å². The van der Waals surface area contributed by atoms with E-state index in [1.165, 1.54) is 0 Å². The normalized spacial score (nSPS) is 19.8. The van der Waals surface area contributed by atoms with Crippen LogP contribution >= 0.6 is 12.4 Å². The van der Waals surface area contributed by atoms with E-state index in [9.17, 15) is 4.79 Å². The van der Waals surface area contributed by atoms with Crippen LogP contribution in [-0.2, 0) is 16.1 Å². The van der Waals surface area contributed by atoms with Gasteiger partial charge in [-0.15, -0.1) is 12.4 Å². The molecule has 1 aromatic heterocycles. The maximum atomic E-state index is 12.9. The van der Waals surface area contributed by atoms with Gasteiger partial charge in [0.2, 0.25) is 11.9 Å². The molecule has 0 atom stereocenters. The number of nitrogens with zero attached hydrogens (tertiary/aromatic N) is 3. The lowest BCUT2D eigenvalue weighted by atomic mass is 9.90. The molecule has 2 aliphatic heterocycles. The number of hydrogen-bond donors (Lipinski definition) is 1. The second-order valence-electron chi connectivity index (χ2n) is 5.78. The summed E-state index contributed by atoms with van der Waals surface area (Å²) in [6.07, 6.45) is 1.14. The number of imidazole rings is 1. The van der Waals surface area contributed by atoms with Gasteiger partial charge in [-0.25, -0.2) is 4.98 Å². The molecule has 22 heavy (non-hydrogen) atoms. The first-order valence-corrected chi connectivity index (χ1v) is 7.33. The third-order valence-electron chi connectivity index (χ3n) is 4.48. The van der Waals surface area contributed by atoms with Crippen LogP contribution in [0.4, 0.5) is 5.95 Å². The number of rotatable bonds is 1. The standard InChI is InChI=1S/C15H18N4O2.ClH/c16-15(5-9-21-10-6-15)13(20)19-8-7-18-12-4-2-1-3-11(12)17-14(18)19;/h1-4H,5-10,16H2;1H. The summed E-state index contributed by atoms with van der Waals surface area (Å²) in [6, 6.07) is 7.95. The van der Waals surface area contributed by atoms with Crippen LogP contribution in [0.25, 0.3) is 11.0 Å². The molecule has 4 rings (SSSR count). The van der Waals surface area contributed by atoms with Crippen molar-refractivity contribution in [1.29, 1.82) is 0 Å². The minimum absolute atomic E-state index is 0. The predicted octanol–water partition coefficient (Wildman–Crippen LogP) is 1.31. The summed E-state index contributed by atoms with van der Waals surface area (Å²) in [6.45, 7) is 2.51. The van der Waals surface area contributed by atoms with Gasteiger partial charge in [-0.3, -0.25) is 9.69 Å². The number of halogens is 1. The van der Waals surface area contributed by atoms with E-state index in [2.05, 4.69) is 9.55 Å². The molecule has 0 radical (unpaired) electrons. The van der Waals surface area contributed by atoms with Gasteiger partial charge in [0.1, 0.15) is 5.54 Å². The average Bonchev–Trinajstić information content (AvgIpc) is 3.06. The lowest BCUT2D eigenvalue weighted by Crippen LogP contribution is -2.58. The third kappa shape index (κ3) is 2.18. The zero-order valence-electron chi connectivity index (χ0n) is 12.2. The number of carbonyl (C=O) groups is 1. The zero-order valence-corrected chi connectivity index (χ0v) is 13.0. The Bertz CT molecular complexity index is 709. The minimum atomic E-state index is -0.814. The van der Waals surface area contributed by atoms with Crippen molar-refractivity contribution < 1.29 is 9.53 Å². The first-order valence-electron chi connectivity index (χ1n) is 7.33. The number of ether oxygens (including phenoxy) is 1. The van der Waals surface area contributed by atoms with Gasteiger partial charge in [0.05, 0.1) is 11.0 Å². The van der Waals surface area contributed by atoms with E-state index in [1.54, 1.807) is 4.90 Å². The van der Waals surface area contributed by atoms with Gasteiger partial charge in [0.15, 0.2) is 0 Å². The summed E-state index contributed by atoms with van der Waals surface area (Å²) >= 11 is 0. The maximum Gasteiger partial charge on any atom is 0.249 e. The molecule has 0 aliphatic carbocycles. The molecule has 1 amide bonds. The summed E-state index contributed by atoms with van der Waals surface area (Å²) in [5, 5.41) is 0. The van der Waals surface area contributed by atoms with E-state index >= 15 is 0 Å². The largest absolute Gasteiger partial charge is 0.381 e. The Morgan fingerprint density at radius 1 is 1.23 bits per heavy atom. The van der Waals surface area contributed by atoms with Crippen molar-refractivity contribution >= 4 is 35.3 Å². The van der Waals surface area contributed by atoms with Crippen LogP contribution in [0.1, 0.15) is 12.8 Å². The number of aromatic nitrogens is 2. The molecule has 118 valence electrons. The number of fused-ring (bicyclic) bond motifs is 3. The highest BCUT2D eigenvalue weighted by atomic mass is 35.5. The molecular weight excluding hydrogens is 304 g/mol. The fraction of sp³-hybridized carbons (Fsp3) is 0.467. The molecule has 2 aliphatic rings. The van der Waals surface area contributed by atoms with Crippen molar-refractivity contribution in [3.63, 3.8) is 0 Å². The molecule has 1 aromatic carbocycles. The smallest absolute Gasteiger partial charge is 0.249 e. The van der Waals surface area contributed by atoms with E-state index in [0.717, 1.165) is 23.5 Å². The van der Waals surface area contributed by atoms with Gasteiger partial charge < -0.3 is 15.0 Å². The van der Waals surface area contributed by atoms with Gasteiger partial charge in [-0.05, 0) is 25.0 Å². The molecule has 0 spiro atoms. The van der Waals surface area contributed by atoms with Crippen molar-refractivity contribution in [2.75, 3.05) is 24.7 Å². The number of amides is 1. The molecule has 3 heterocycles. The second kappa shape index (κ2) is 5.53. The van der Waals surface area contributed by atoms with Gasteiger partial charge in [0.25, 0.3) is 0 Å². The molecule has 7 heteroatoms. The highest BCUT2D eigenvalue weighted by Gasteiger charge is 2.42. The lowest BCUT2D eigenvalue weighted by Gasteiger charge is -2.34. The molecule has 0 unspecified atom stereocenters. The molecule has 6 nitrogen and oxygen atoms in total. The Kier molecular flexibility index (Phi) is 3.84. The van der Waals surface area contributed by atoms with Crippen LogP contribution in [-0.4, -0.2) is 40.8 Å². The minimum Gasteiger partial charge on any atom is -0.381 e. The second-order valence-corrected chi connectivity index (χ2v) is 5.78. The van der Waals surface area contributed by atoms with E-state index in [4.69, 9.17) is 10.5 Å². The Morgan fingerprint density at radius 3 is 2.73 bits per heavy atom. The van der Waals surface area contributed by atoms with Crippen molar-refractivity contribution in [3.8, 4) is 0 Å². The lowest BCUT2D eigenvalue weighted by molar-refractivity contribution is -0.127. The van der Waals surface area contributed by atoms with Crippen LogP contribution in [0.2, 0.25) is 0 Å². The van der Waals surface area contributed by atoms with E-state index in [-0.39, 0.29) is 18.3 Å². The summed E-state index contributed by atoms with van der Waals surface area (Å²) in [5.74, 6) is 0.692. The number of anilines is 1. The van der Waals surface area contributed by atoms with Crippen LogP contribution in [0.5, 0.6) is 0 Å². The molecule has 0 saturated carbocycles. The fourth-order valence-corrected chi connectivity index (χ4v) is 3.20. The number of nitrogens with two attached hydrogens (primary N) is 1.